The van der Waals surface area contributed by atoms with Gasteiger partial charge >= 0.3 is 0 Å². The van der Waals surface area contributed by atoms with Crippen LogP contribution in [0.25, 0.3) is 32.7 Å². The third-order valence-corrected chi connectivity index (χ3v) is 6.86. The summed E-state index contributed by atoms with van der Waals surface area (Å²) in [6.45, 7) is 0. The van der Waals surface area contributed by atoms with Crippen molar-refractivity contribution in [2.75, 3.05) is 0 Å². The molecule has 0 atom stereocenters. The third-order valence-electron chi connectivity index (χ3n) is 5.89. The normalized spacial score (nSPS) is 11.8. The molecular weight excluding hydrogens is 418 g/mol. The SMILES string of the molecule is NS(=O)(=O)c1ccccc1-c1ccc2ccccc2c1Cc1c(O)ccc2ccccc12. The lowest BCUT2D eigenvalue weighted by molar-refractivity contribution is 0.470. The Morgan fingerprint density at radius 3 is 1.88 bits per heavy atom. The molecule has 0 aliphatic heterocycles. The Hall–Kier alpha value is -3.67. The highest BCUT2D eigenvalue weighted by atomic mass is 32.2. The first-order chi connectivity index (χ1) is 15.4. The van der Waals surface area contributed by atoms with E-state index in [-0.39, 0.29) is 10.6 Å². The summed E-state index contributed by atoms with van der Waals surface area (Å²) in [6, 6.07) is 30.2. The molecule has 5 aromatic carbocycles. The van der Waals surface area contributed by atoms with Gasteiger partial charge in [0, 0.05) is 17.5 Å². The first-order valence-electron chi connectivity index (χ1n) is 10.3. The van der Waals surface area contributed by atoms with Gasteiger partial charge in [0.2, 0.25) is 10.0 Å². The topological polar surface area (TPSA) is 80.4 Å². The number of primary sulfonamides is 1. The molecule has 5 rings (SSSR count). The molecule has 4 nitrogen and oxygen atoms in total. The van der Waals surface area contributed by atoms with Crippen molar-refractivity contribution in [2.45, 2.75) is 11.3 Å². The van der Waals surface area contributed by atoms with Crippen LogP contribution in [0.2, 0.25) is 0 Å². The average Bonchev–Trinajstić information content (AvgIpc) is 2.80. The zero-order valence-electron chi connectivity index (χ0n) is 17.2. The number of rotatable bonds is 4. The van der Waals surface area contributed by atoms with Gasteiger partial charge in [0.05, 0.1) is 4.90 Å². The fraction of sp³-hybridized carbons (Fsp3) is 0.0370. The predicted octanol–water partition coefficient (Wildman–Crippen LogP) is 5.60. The van der Waals surface area contributed by atoms with Gasteiger partial charge in [-0.1, -0.05) is 84.9 Å². The molecular formula is C27H21NO3S. The Kier molecular flexibility index (Phi) is 4.93. The van der Waals surface area contributed by atoms with Crippen LogP contribution in [0.15, 0.2) is 102 Å². The third kappa shape index (κ3) is 3.51. The summed E-state index contributed by atoms with van der Waals surface area (Å²) < 4.78 is 24.7. The van der Waals surface area contributed by atoms with Crippen molar-refractivity contribution in [1.82, 2.24) is 0 Å². The van der Waals surface area contributed by atoms with E-state index in [1.165, 1.54) is 6.07 Å². The van der Waals surface area contributed by atoms with Crippen LogP contribution in [0.5, 0.6) is 5.75 Å². The fourth-order valence-electron chi connectivity index (χ4n) is 4.40. The number of nitrogens with two attached hydrogens (primary N) is 1. The molecule has 0 bridgehead atoms. The van der Waals surface area contributed by atoms with Gasteiger partial charge < -0.3 is 5.11 Å². The number of benzene rings is 5. The van der Waals surface area contributed by atoms with Crippen molar-refractivity contribution in [3.63, 3.8) is 0 Å². The van der Waals surface area contributed by atoms with Crippen molar-refractivity contribution in [3.8, 4) is 16.9 Å². The summed E-state index contributed by atoms with van der Waals surface area (Å²) in [5.74, 6) is 0.210. The number of fused-ring (bicyclic) bond motifs is 2. The summed E-state index contributed by atoms with van der Waals surface area (Å²) in [6.07, 6.45) is 0.433. The monoisotopic (exact) mass is 439 g/mol. The smallest absolute Gasteiger partial charge is 0.238 e. The molecule has 0 amide bonds. The van der Waals surface area contributed by atoms with E-state index < -0.39 is 10.0 Å². The van der Waals surface area contributed by atoms with E-state index in [1.807, 2.05) is 66.7 Å². The van der Waals surface area contributed by atoms with E-state index >= 15 is 0 Å². The lowest BCUT2D eigenvalue weighted by Gasteiger charge is -2.17. The van der Waals surface area contributed by atoms with Gasteiger partial charge in [0.25, 0.3) is 0 Å². The molecule has 3 N–H and O–H groups in total. The standard InChI is InChI=1S/C27H21NO3S/c28-32(30,31)27-12-6-5-11-23(27)22-15-13-18-7-1-3-9-20(18)24(22)17-25-21-10-4-2-8-19(21)14-16-26(25)29/h1-16,29H,17H2,(H2,28,30,31). The Labute approximate surface area is 186 Å². The van der Waals surface area contributed by atoms with Crippen LogP contribution in [0.3, 0.4) is 0 Å². The molecule has 0 aliphatic carbocycles. The number of hydrogen-bond acceptors (Lipinski definition) is 3. The number of hydrogen-bond donors (Lipinski definition) is 2. The molecule has 0 saturated heterocycles. The molecule has 5 aromatic rings. The van der Waals surface area contributed by atoms with Gasteiger partial charge in [-0.15, -0.1) is 0 Å². The molecule has 0 radical (unpaired) electrons. The van der Waals surface area contributed by atoms with Gasteiger partial charge in [-0.2, -0.15) is 0 Å². The first kappa shape index (κ1) is 20.2. The van der Waals surface area contributed by atoms with Gasteiger partial charge in [0.15, 0.2) is 0 Å². The molecule has 158 valence electrons. The minimum atomic E-state index is -3.92. The predicted molar refractivity (Wildman–Crippen MR) is 129 cm³/mol. The highest BCUT2D eigenvalue weighted by molar-refractivity contribution is 7.89. The molecule has 32 heavy (non-hydrogen) atoms. The second-order valence-electron chi connectivity index (χ2n) is 7.82. The highest BCUT2D eigenvalue weighted by Gasteiger charge is 2.20. The van der Waals surface area contributed by atoms with Crippen molar-refractivity contribution >= 4 is 31.6 Å². The fourth-order valence-corrected chi connectivity index (χ4v) is 5.16. The van der Waals surface area contributed by atoms with E-state index in [0.717, 1.165) is 38.2 Å². The van der Waals surface area contributed by atoms with Crippen LogP contribution in [0.4, 0.5) is 0 Å². The average molecular weight is 440 g/mol. The van der Waals surface area contributed by atoms with Crippen LogP contribution in [0, 0.1) is 0 Å². The molecule has 0 unspecified atom stereocenters. The van der Waals surface area contributed by atoms with E-state index in [9.17, 15) is 13.5 Å². The summed E-state index contributed by atoms with van der Waals surface area (Å²) in [7, 11) is -3.92. The van der Waals surface area contributed by atoms with Gasteiger partial charge in [-0.25, -0.2) is 13.6 Å². The van der Waals surface area contributed by atoms with Crippen LogP contribution in [-0.2, 0) is 16.4 Å². The molecule has 0 aliphatic rings. The maximum atomic E-state index is 12.3. The lowest BCUT2D eigenvalue weighted by Crippen LogP contribution is -2.13. The van der Waals surface area contributed by atoms with E-state index in [4.69, 9.17) is 5.14 Å². The van der Waals surface area contributed by atoms with Crippen LogP contribution >= 0.6 is 0 Å². The van der Waals surface area contributed by atoms with Crippen molar-refractivity contribution in [1.29, 1.82) is 0 Å². The Morgan fingerprint density at radius 1 is 0.625 bits per heavy atom. The number of phenols is 1. The van der Waals surface area contributed by atoms with E-state index in [0.29, 0.717) is 12.0 Å². The zero-order valence-corrected chi connectivity index (χ0v) is 18.0. The molecule has 5 heteroatoms. The summed E-state index contributed by atoms with van der Waals surface area (Å²) in [5, 5.41) is 20.4. The number of sulfonamides is 1. The molecule has 0 spiro atoms. The second kappa shape index (κ2) is 7.79. The maximum Gasteiger partial charge on any atom is 0.238 e. The summed E-state index contributed by atoms with van der Waals surface area (Å²) in [5.41, 5.74) is 3.07. The summed E-state index contributed by atoms with van der Waals surface area (Å²) >= 11 is 0. The highest BCUT2D eigenvalue weighted by Crippen LogP contribution is 2.38. The lowest BCUT2D eigenvalue weighted by atomic mass is 9.88. The number of aromatic hydroxyl groups is 1. The van der Waals surface area contributed by atoms with E-state index in [2.05, 4.69) is 0 Å². The second-order valence-corrected chi connectivity index (χ2v) is 9.34. The Morgan fingerprint density at radius 2 is 1.19 bits per heavy atom. The largest absolute Gasteiger partial charge is 0.508 e. The van der Waals surface area contributed by atoms with Gasteiger partial charge in [-0.05, 0) is 44.8 Å². The van der Waals surface area contributed by atoms with Crippen molar-refractivity contribution < 1.29 is 13.5 Å². The van der Waals surface area contributed by atoms with Crippen molar-refractivity contribution in [3.05, 3.63) is 108 Å². The zero-order chi connectivity index (χ0) is 22.3. The van der Waals surface area contributed by atoms with Gasteiger partial charge in [-0.3, -0.25) is 0 Å². The molecule has 0 heterocycles. The minimum Gasteiger partial charge on any atom is -0.508 e. The molecule has 0 aromatic heterocycles. The quantitative estimate of drug-likeness (QED) is 0.382. The molecule has 0 saturated carbocycles. The summed E-state index contributed by atoms with van der Waals surface area (Å²) in [4.78, 5) is 0.0821. The van der Waals surface area contributed by atoms with Crippen LogP contribution < -0.4 is 5.14 Å². The van der Waals surface area contributed by atoms with Gasteiger partial charge in [0.1, 0.15) is 5.75 Å². The molecule has 0 fully saturated rings. The van der Waals surface area contributed by atoms with Crippen LogP contribution in [-0.4, -0.2) is 13.5 Å². The van der Waals surface area contributed by atoms with Crippen molar-refractivity contribution in [2.24, 2.45) is 5.14 Å². The first-order valence-corrected chi connectivity index (χ1v) is 11.8. The minimum absolute atomic E-state index is 0.0821. The Balaban J connectivity index is 1.83. The Bertz CT molecular complexity index is 1590. The van der Waals surface area contributed by atoms with E-state index in [1.54, 1.807) is 24.3 Å². The maximum absolute atomic E-state index is 12.3. The van der Waals surface area contributed by atoms with Crippen LogP contribution in [0.1, 0.15) is 11.1 Å². The number of phenolic OH excluding ortho intramolecular Hbond substituents is 1.